The molecule has 0 amide bonds. The second-order valence-electron chi connectivity index (χ2n) is 7.66. The van der Waals surface area contributed by atoms with E-state index in [0.717, 1.165) is 39.3 Å². The van der Waals surface area contributed by atoms with Crippen LogP contribution in [-0.4, -0.2) is 13.3 Å². The summed E-state index contributed by atoms with van der Waals surface area (Å²) < 4.78 is 17.2. The minimum Gasteiger partial charge on any atom is -0.494 e. The van der Waals surface area contributed by atoms with Gasteiger partial charge in [-0.15, -0.1) is 0 Å². The molecular formula is C26H23NO4. The van der Waals surface area contributed by atoms with Crippen molar-refractivity contribution in [2.45, 2.75) is 20.4 Å². The Morgan fingerprint density at radius 3 is 2.52 bits per heavy atom. The number of nitrogens with zero attached hydrogens (tertiary/aromatic N) is 1. The fourth-order valence-corrected chi connectivity index (χ4v) is 3.99. The van der Waals surface area contributed by atoms with E-state index in [1.54, 1.807) is 6.07 Å². The van der Waals surface area contributed by atoms with Gasteiger partial charge in [-0.3, -0.25) is 0 Å². The highest BCUT2D eigenvalue weighted by Crippen LogP contribution is 2.37. The van der Waals surface area contributed by atoms with E-state index in [9.17, 15) is 4.79 Å². The van der Waals surface area contributed by atoms with E-state index in [1.165, 1.54) is 5.56 Å². The Hall–Kier alpha value is -3.73. The summed E-state index contributed by atoms with van der Waals surface area (Å²) in [5.41, 5.74) is 5.14. The van der Waals surface area contributed by atoms with Crippen LogP contribution in [0.4, 0.5) is 5.69 Å². The highest BCUT2D eigenvalue weighted by molar-refractivity contribution is 5.96. The summed E-state index contributed by atoms with van der Waals surface area (Å²) in [5, 5.41) is 0.902. The van der Waals surface area contributed by atoms with Crippen LogP contribution in [0.15, 0.2) is 75.9 Å². The number of rotatable bonds is 4. The zero-order valence-electron chi connectivity index (χ0n) is 17.6. The van der Waals surface area contributed by atoms with Crippen molar-refractivity contribution < 1.29 is 13.9 Å². The van der Waals surface area contributed by atoms with Gasteiger partial charge in [0.25, 0.3) is 0 Å². The van der Waals surface area contributed by atoms with Gasteiger partial charge in [-0.2, -0.15) is 0 Å². The molecule has 0 bridgehead atoms. The van der Waals surface area contributed by atoms with Gasteiger partial charge in [0.2, 0.25) is 0 Å². The molecule has 0 spiro atoms. The smallest absolute Gasteiger partial charge is 0.336 e. The first-order chi connectivity index (χ1) is 15.1. The predicted molar refractivity (Wildman–Crippen MR) is 122 cm³/mol. The fraction of sp³-hybridized carbons (Fsp3) is 0.192. The van der Waals surface area contributed by atoms with Gasteiger partial charge in [-0.25, -0.2) is 4.79 Å². The second kappa shape index (κ2) is 7.84. The van der Waals surface area contributed by atoms with Crippen molar-refractivity contribution in [1.82, 2.24) is 0 Å². The summed E-state index contributed by atoms with van der Waals surface area (Å²) in [4.78, 5) is 14.6. The van der Waals surface area contributed by atoms with Gasteiger partial charge in [-0.05, 0) is 61.4 Å². The van der Waals surface area contributed by atoms with Crippen molar-refractivity contribution in [2.24, 2.45) is 0 Å². The molecule has 5 nitrogen and oxygen atoms in total. The Kier molecular flexibility index (Phi) is 4.86. The maximum absolute atomic E-state index is 12.4. The number of hydrogen-bond acceptors (Lipinski definition) is 5. The van der Waals surface area contributed by atoms with E-state index >= 15 is 0 Å². The zero-order valence-corrected chi connectivity index (χ0v) is 17.6. The highest BCUT2D eigenvalue weighted by atomic mass is 16.5. The highest BCUT2D eigenvalue weighted by Gasteiger charge is 2.23. The van der Waals surface area contributed by atoms with E-state index in [0.29, 0.717) is 25.5 Å². The predicted octanol–water partition coefficient (Wildman–Crippen LogP) is 5.52. The van der Waals surface area contributed by atoms with Crippen molar-refractivity contribution in [1.29, 1.82) is 0 Å². The molecule has 4 aromatic rings. The van der Waals surface area contributed by atoms with E-state index < -0.39 is 0 Å². The lowest BCUT2D eigenvalue weighted by Gasteiger charge is -2.31. The van der Waals surface area contributed by atoms with Crippen LogP contribution in [0.5, 0.6) is 11.5 Å². The summed E-state index contributed by atoms with van der Waals surface area (Å²) in [6.07, 6.45) is 0. The molecule has 0 atom stereocenters. The average Bonchev–Trinajstić information content (AvgIpc) is 2.79. The molecule has 0 fully saturated rings. The minimum atomic E-state index is -0.366. The molecule has 156 valence electrons. The van der Waals surface area contributed by atoms with Gasteiger partial charge < -0.3 is 18.8 Å². The molecule has 0 saturated heterocycles. The lowest BCUT2D eigenvalue weighted by Crippen LogP contribution is -2.32. The van der Waals surface area contributed by atoms with Crippen LogP contribution < -0.4 is 20.0 Å². The maximum atomic E-state index is 12.4. The Balaban J connectivity index is 1.57. The molecule has 5 heteroatoms. The SMILES string of the molecule is CCOc1ccc(N2COc3ccc4c(-c5ccc(C)cc5)cc(=O)oc4c3C2)cc1. The number of aryl methyl sites for hydroxylation is 1. The van der Waals surface area contributed by atoms with Crippen LogP contribution in [-0.2, 0) is 6.54 Å². The van der Waals surface area contributed by atoms with Gasteiger partial charge in [0.15, 0.2) is 6.73 Å². The molecule has 0 unspecified atom stereocenters. The van der Waals surface area contributed by atoms with Crippen molar-refractivity contribution in [3.8, 4) is 22.6 Å². The molecule has 0 aliphatic carbocycles. The van der Waals surface area contributed by atoms with Crippen LogP contribution in [0.25, 0.3) is 22.1 Å². The second-order valence-corrected chi connectivity index (χ2v) is 7.66. The quantitative estimate of drug-likeness (QED) is 0.412. The number of benzene rings is 3. The number of fused-ring (bicyclic) bond motifs is 3. The molecule has 1 aliphatic heterocycles. The Morgan fingerprint density at radius 1 is 1.00 bits per heavy atom. The minimum absolute atomic E-state index is 0.366. The normalized spacial score (nSPS) is 13.0. The molecule has 2 heterocycles. The summed E-state index contributed by atoms with van der Waals surface area (Å²) in [5.74, 6) is 1.59. The molecule has 1 aromatic heterocycles. The van der Waals surface area contributed by atoms with Crippen LogP contribution >= 0.6 is 0 Å². The van der Waals surface area contributed by atoms with Crippen LogP contribution in [0.2, 0.25) is 0 Å². The van der Waals surface area contributed by atoms with Crippen molar-refractivity contribution in [2.75, 3.05) is 18.2 Å². The Morgan fingerprint density at radius 2 is 1.77 bits per heavy atom. The maximum Gasteiger partial charge on any atom is 0.336 e. The van der Waals surface area contributed by atoms with Crippen molar-refractivity contribution >= 4 is 16.7 Å². The zero-order chi connectivity index (χ0) is 21.4. The van der Waals surface area contributed by atoms with Gasteiger partial charge >= 0.3 is 5.63 Å². The van der Waals surface area contributed by atoms with Crippen LogP contribution in [0.3, 0.4) is 0 Å². The van der Waals surface area contributed by atoms with E-state index in [1.807, 2.05) is 74.5 Å². The Bertz CT molecular complexity index is 1290. The first-order valence-corrected chi connectivity index (χ1v) is 10.4. The molecule has 0 N–H and O–H groups in total. The van der Waals surface area contributed by atoms with Crippen LogP contribution in [0, 0.1) is 6.92 Å². The van der Waals surface area contributed by atoms with E-state index in [4.69, 9.17) is 13.9 Å². The van der Waals surface area contributed by atoms with Gasteiger partial charge in [0, 0.05) is 17.1 Å². The molecule has 3 aromatic carbocycles. The third-order valence-electron chi connectivity index (χ3n) is 5.57. The number of anilines is 1. The molecule has 31 heavy (non-hydrogen) atoms. The summed E-state index contributed by atoms with van der Waals surface area (Å²) in [6.45, 7) is 5.65. The number of hydrogen-bond donors (Lipinski definition) is 0. The summed E-state index contributed by atoms with van der Waals surface area (Å²) >= 11 is 0. The summed E-state index contributed by atoms with van der Waals surface area (Å²) in [7, 11) is 0. The monoisotopic (exact) mass is 413 g/mol. The lowest BCUT2D eigenvalue weighted by atomic mass is 9.98. The number of ether oxygens (including phenoxy) is 2. The lowest BCUT2D eigenvalue weighted by molar-refractivity contribution is 0.289. The summed E-state index contributed by atoms with van der Waals surface area (Å²) in [6, 6.07) is 21.6. The molecule has 0 saturated carbocycles. The molecule has 5 rings (SSSR count). The Labute approximate surface area is 180 Å². The van der Waals surface area contributed by atoms with E-state index in [2.05, 4.69) is 4.90 Å². The first-order valence-electron chi connectivity index (χ1n) is 10.4. The van der Waals surface area contributed by atoms with Gasteiger partial charge in [-0.1, -0.05) is 29.8 Å². The standard InChI is InChI=1S/C26H23NO4/c1-3-29-20-10-8-19(9-11-20)27-15-23-24(30-16-27)13-12-21-22(14-25(28)31-26(21)23)18-6-4-17(2)5-7-18/h4-14H,3,15-16H2,1-2H3. The average molecular weight is 413 g/mol. The third-order valence-corrected chi connectivity index (χ3v) is 5.57. The van der Waals surface area contributed by atoms with Crippen LogP contribution in [0.1, 0.15) is 18.1 Å². The van der Waals surface area contributed by atoms with E-state index in [-0.39, 0.29) is 5.63 Å². The topological polar surface area (TPSA) is 51.9 Å². The largest absolute Gasteiger partial charge is 0.494 e. The van der Waals surface area contributed by atoms with Crippen molar-refractivity contribution in [3.63, 3.8) is 0 Å². The van der Waals surface area contributed by atoms with Gasteiger partial charge in [0.05, 0.1) is 18.7 Å². The fourth-order valence-electron chi connectivity index (χ4n) is 3.99. The third kappa shape index (κ3) is 3.63. The van der Waals surface area contributed by atoms with Crippen molar-refractivity contribution in [3.05, 3.63) is 88.3 Å². The van der Waals surface area contributed by atoms with Gasteiger partial charge in [0.1, 0.15) is 17.1 Å². The molecule has 0 radical (unpaired) electrons. The first kappa shape index (κ1) is 19.2. The molecule has 1 aliphatic rings. The molecular weight excluding hydrogens is 390 g/mol.